The number of aliphatic hydroxyl groups excluding tert-OH is 1. The number of piperazine rings is 1. The van der Waals surface area contributed by atoms with Gasteiger partial charge in [0.1, 0.15) is 6.10 Å². The number of aliphatic hydroxyl groups is 1. The molecule has 5 aliphatic carbocycles. The highest BCUT2D eigenvalue weighted by atomic mass is 16.5. The number of esters is 1. The Hall–Kier alpha value is -1.77. The Labute approximate surface area is 302 Å². The second-order valence-electron chi connectivity index (χ2n) is 19.7. The summed E-state index contributed by atoms with van der Waals surface area (Å²) in [5.41, 5.74) is 1.82. The molecular formula is C42H68N2O6. The number of Topliss-reactive ketones (excluding diaryl/α,β-unsaturated/α-hetero) is 1. The zero-order valence-corrected chi connectivity index (χ0v) is 32.6. The van der Waals surface area contributed by atoms with Gasteiger partial charge in [0.25, 0.3) is 0 Å². The number of carbonyl (C=O) groups is 3. The van der Waals surface area contributed by atoms with Crippen molar-refractivity contribution in [3.8, 4) is 0 Å². The summed E-state index contributed by atoms with van der Waals surface area (Å²) >= 11 is 0. The number of carboxylic acids is 1. The largest absolute Gasteiger partial charge is 0.481 e. The van der Waals surface area contributed by atoms with Crippen LogP contribution in [0.25, 0.3) is 0 Å². The van der Waals surface area contributed by atoms with E-state index in [2.05, 4.69) is 51.3 Å². The molecule has 0 aromatic rings. The molecule has 1 heterocycles. The van der Waals surface area contributed by atoms with Crippen LogP contribution in [0.3, 0.4) is 0 Å². The molecule has 8 heteroatoms. The second-order valence-corrected chi connectivity index (χ2v) is 19.7. The maximum absolute atomic E-state index is 14.0. The van der Waals surface area contributed by atoms with E-state index >= 15 is 0 Å². The Balaban J connectivity index is 1.21. The first kappa shape index (κ1) is 38.0. The fourth-order valence-corrected chi connectivity index (χ4v) is 13.3. The van der Waals surface area contributed by atoms with Crippen molar-refractivity contribution in [1.29, 1.82) is 0 Å². The average Bonchev–Trinajstić information content (AvgIpc) is 3.34. The molecule has 6 rings (SSSR count). The Morgan fingerprint density at radius 2 is 1.52 bits per heavy atom. The normalized spacial score (nSPS) is 39.1. The van der Waals surface area contributed by atoms with Gasteiger partial charge in [-0.15, -0.1) is 0 Å². The predicted molar refractivity (Wildman–Crippen MR) is 195 cm³/mol. The number of nitrogens with zero attached hydrogens (tertiary/aromatic N) is 2. The third-order valence-electron chi connectivity index (χ3n) is 15.9. The summed E-state index contributed by atoms with van der Waals surface area (Å²) in [7, 11) is 0. The van der Waals surface area contributed by atoms with Gasteiger partial charge in [-0.1, -0.05) is 47.1 Å². The number of allylic oxidation sites excluding steroid dienone is 2. The lowest BCUT2D eigenvalue weighted by Gasteiger charge is -2.69. The number of aliphatic carboxylic acids is 1. The van der Waals surface area contributed by atoms with E-state index in [1.165, 1.54) is 31.3 Å². The molecule has 0 bridgehead atoms. The number of carboxylic acid groups (broad SMARTS) is 1. The van der Waals surface area contributed by atoms with Crippen molar-refractivity contribution in [2.24, 2.45) is 56.7 Å². The van der Waals surface area contributed by atoms with E-state index in [9.17, 15) is 24.6 Å². The number of ether oxygens (including phenoxy) is 1. The zero-order valence-electron chi connectivity index (χ0n) is 32.6. The molecule has 1 saturated heterocycles. The van der Waals surface area contributed by atoms with E-state index in [-0.39, 0.29) is 46.7 Å². The zero-order chi connectivity index (χ0) is 36.4. The highest BCUT2D eigenvalue weighted by molar-refractivity contribution is 6.00. The average molecular weight is 697 g/mol. The molecule has 8 unspecified atom stereocenters. The van der Waals surface area contributed by atoms with Crippen LogP contribution in [0.1, 0.15) is 126 Å². The van der Waals surface area contributed by atoms with Crippen molar-refractivity contribution < 1.29 is 29.3 Å². The first-order valence-corrected chi connectivity index (χ1v) is 20.2. The molecule has 6 aliphatic rings. The van der Waals surface area contributed by atoms with Crippen LogP contribution >= 0.6 is 0 Å². The standard InChI is InChI=1S/C42H68N2O6/c1-27(2)35-30(46)25-42(17-18-43-19-21-44(22-20-43)23-24-45)16-11-29-28(36(35)42)9-10-32-40(29,7)14-12-31-39(5,6)33(13-15-41(31,32)8)50-34(47)26-38(3,4)37(48)49/h27-29,31-33,45H,9-26H2,1-8H3,(H,48,49). The van der Waals surface area contributed by atoms with Crippen molar-refractivity contribution in [1.82, 2.24) is 9.80 Å². The lowest BCUT2D eigenvalue weighted by atomic mass is 9.36. The third-order valence-corrected chi connectivity index (χ3v) is 15.9. The van der Waals surface area contributed by atoms with Gasteiger partial charge in [0.15, 0.2) is 5.78 Å². The Bertz CT molecular complexity index is 1360. The highest BCUT2D eigenvalue weighted by Crippen LogP contribution is 2.73. The van der Waals surface area contributed by atoms with Crippen LogP contribution in [0.5, 0.6) is 0 Å². The topological polar surface area (TPSA) is 107 Å². The van der Waals surface area contributed by atoms with Gasteiger partial charge in [0.2, 0.25) is 0 Å². The fourth-order valence-electron chi connectivity index (χ4n) is 13.3. The summed E-state index contributed by atoms with van der Waals surface area (Å²) in [6, 6.07) is 0. The van der Waals surface area contributed by atoms with Gasteiger partial charge in [-0.2, -0.15) is 0 Å². The molecule has 0 aromatic carbocycles. The van der Waals surface area contributed by atoms with Crippen molar-refractivity contribution in [2.75, 3.05) is 45.9 Å². The van der Waals surface area contributed by atoms with Crippen molar-refractivity contribution in [3.05, 3.63) is 11.1 Å². The van der Waals surface area contributed by atoms with E-state index in [1.54, 1.807) is 19.4 Å². The number of fused-ring (bicyclic) bond motifs is 7. The van der Waals surface area contributed by atoms with Crippen molar-refractivity contribution >= 4 is 17.7 Å². The fraction of sp³-hybridized carbons (Fsp3) is 0.881. The number of hydrogen-bond donors (Lipinski definition) is 2. The van der Waals surface area contributed by atoms with Crippen LogP contribution in [-0.4, -0.2) is 89.7 Å². The summed E-state index contributed by atoms with van der Waals surface area (Å²) in [6.07, 6.45) is 10.4. The monoisotopic (exact) mass is 697 g/mol. The van der Waals surface area contributed by atoms with Gasteiger partial charge >= 0.3 is 11.9 Å². The van der Waals surface area contributed by atoms with E-state index < -0.39 is 17.4 Å². The molecule has 8 nitrogen and oxygen atoms in total. The Morgan fingerprint density at radius 3 is 2.14 bits per heavy atom. The number of carbonyl (C=O) groups excluding carboxylic acids is 2. The Kier molecular flexibility index (Phi) is 10.3. The molecule has 0 radical (unpaired) electrons. The summed E-state index contributed by atoms with van der Waals surface area (Å²) < 4.78 is 6.16. The van der Waals surface area contributed by atoms with Gasteiger partial charge in [0, 0.05) is 50.0 Å². The van der Waals surface area contributed by atoms with Gasteiger partial charge in [0.05, 0.1) is 18.4 Å². The first-order chi connectivity index (χ1) is 23.4. The lowest BCUT2D eigenvalue weighted by Crippen LogP contribution is -2.63. The molecule has 4 saturated carbocycles. The number of β-amino-alcohol motifs (C(OH)–C–C–N with tert-alkyl or cyclic N) is 1. The van der Waals surface area contributed by atoms with Crippen molar-refractivity contribution in [2.45, 2.75) is 132 Å². The predicted octanol–water partition coefficient (Wildman–Crippen LogP) is 6.99. The minimum absolute atomic E-state index is 0.0174. The first-order valence-electron chi connectivity index (χ1n) is 20.2. The molecule has 0 aromatic heterocycles. The number of rotatable bonds is 10. The van der Waals surface area contributed by atoms with Gasteiger partial charge in [-0.25, -0.2) is 0 Å². The molecule has 5 fully saturated rings. The molecular weight excluding hydrogens is 628 g/mol. The number of ketones is 1. The van der Waals surface area contributed by atoms with Crippen molar-refractivity contribution in [3.63, 3.8) is 0 Å². The quantitative estimate of drug-likeness (QED) is 0.236. The smallest absolute Gasteiger partial charge is 0.309 e. The Morgan fingerprint density at radius 1 is 0.880 bits per heavy atom. The van der Waals surface area contributed by atoms with Crippen LogP contribution in [-0.2, 0) is 19.1 Å². The van der Waals surface area contributed by atoms with Gasteiger partial charge < -0.3 is 19.8 Å². The maximum Gasteiger partial charge on any atom is 0.309 e. The van der Waals surface area contributed by atoms with Gasteiger partial charge in [-0.05, 0) is 124 Å². The van der Waals surface area contributed by atoms with Crippen LogP contribution in [0, 0.1) is 56.7 Å². The van der Waals surface area contributed by atoms with Crippen LogP contribution in [0.2, 0.25) is 0 Å². The van der Waals surface area contributed by atoms with Crippen LogP contribution < -0.4 is 0 Å². The highest BCUT2D eigenvalue weighted by Gasteiger charge is 2.66. The van der Waals surface area contributed by atoms with E-state index in [4.69, 9.17) is 4.74 Å². The summed E-state index contributed by atoms with van der Waals surface area (Å²) in [4.78, 5) is 43.7. The second kappa shape index (κ2) is 13.6. The molecule has 0 spiro atoms. The van der Waals surface area contributed by atoms with Crippen LogP contribution in [0.15, 0.2) is 11.1 Å². The summed E-state index contributed by atoms with van der Waals surface area (Å²) in [5.74, 6) is 1.45. The molecule has 2 N–H and O–H groups in total. The molecule has 1 aliphatic heterocycles. The third kappa shape index (κ3) is 6.33. The SMILES string of the molecule is CC(C)C1=C2C3CCC4C(C)(CCC5C(C)(C)C(OC(=O)CC(C)(C)C(=O)O)CCC54C)C3CCC2(CCN2CCN(CCO)CC2)CC1=O. The maximum atomic E-state index is 14.0. The van der Waals surface area contributed by atoms with E-state index in [0.29, 0.717) is 35.9 Å². The van der Waals surface area contributed by atoms with Crippen LogP contribution in [0.4, 0.5) is 0 Å². The molecule has 0 amide bonds. The van der Waals surface area contributed by atoms with E-state index in [1.807, 2.05) is 0 Å². The molecule has 50 heavy (non-hydrogen) atoms. The summed E-state index contributed by atoms with van der Waals surface area (Å²) in [6.45, 7) is 23.6. The van der Waals surface area contributed by atoms with Gasteiger partial charge in [-0.3, -0.25) is 19.3 Å². The molecule has 282 valence electrons. The summed E-state index contributed by atoms with van der Waals surface area (Å²) in [5, 5.41) is 19.0. The minimum Gasteiger partial charge on any atom is -0.481 e. The lowest BCUT2D eigenvalue weighted by molar-refractivity contribution is -0.214. The molecule has 8 atom stereocenters. The minimum atomic E-state index is -1.14. The van der Waals surface area contributed by atoms with E-state index in [0.717, 1.165) is 71.4 Å². The number of hydrogen-bond acceptors (Lipinski definition) is 7.